The molecule has 0 fully saturated rings. The van der Waals surface area contributed by atoms with Gasteiger partial charge in [-0.3, -0.25) is 4.68 Å². The second kappa shape index (κ2) is 4.39. The van der Waals surface area contributed by atoms with Gasteiger partial charge in [-0.15, -0.1) is 0 Å². The number of nitriles is 1. The molecule has 5 nitrogen and oxygen atoms in total. The molecular weight excluding hydrogens is 238 g/mol. The number of aromatic nitrogens is 3. The van der Waals surface area contributed by atoms with Crippen molar-refractivity contribution in [3.8, 4) is 6.07 Å². The first-order valence-electron chi connectivity index (χ1n) is 6.37. The Kier molecular flexibility index (Phi) is 2.71. The van der Waals surface area contributed by atoms with E-state index in [1.165, 1.54) is 5.56 Å². The summed E-state index contributed by atoms with van der Waals surface area (Å²) in [7, 11) is 1.87. The van der Waals surface area contributed by atoms with Gasteiger partial charge in [0, 0.05) is 18.9 Å². The highest BCUT2D eigenvalue weighted by Gasteiger charge is 2.17. The Morgan fingerprint density at radius 3 is 2.95 bits per heavy atom. The topological polar surface area (TPSA) is 66.5 Å². The van der Waals surface area contributed by atoms with Crippen LogP contribution in [-0.2, 0) is 19.9 Å². The Hall–Kier alpha value is -2.35. The van der Waals surface area contributed by atoms with E-state index in [1.807, 2.05) is 26.2 Å². The van der Waals surface area contributed by atoms with Crippen LogP contribution in [0.15, 0.2) is 12.3 Å². The number of rotatable bonds is 2. The average Bonchev–Trinajstić information content (AvgIpc) is 2.95. The van der Waals surface area contributed by atoms with Crippen LogP contribution in [-0.4, -0.2) is 14.8 Å². The fraction of sp³-hybridized carbons (Fsp3) is 0.357. The van der Waals surface area contributed by atoms with E-state index in [1.54, 1.807) is 4.68 Å². The first-order chi connectivity index (χ1) is 9.17. The van der Waals surface area contributed by atoms with Gasteiger partial charge in [-0.1, -0.05) is 0 Å². The fourth-order valence-corrected chi connectivity index (χ4v) is 2.50. The molecule has 5 heteroatoms. The van der Waals surface area contributed by atoms with Crippen LogP contribution in [0.5, 0.6) is 0 Å². The van der Waals surface area contributed by atoms with E-state index >= 15 is 0 Å². The molecule has 0 aromatic carbocycles. The quantitative estimate of drug-likeness (QED) is 0.891. The van der Waals surface area contributed by atoms with Crippen molar-refractivity contribution in [2.75, 3.05) is 5.32 Å². The minimum absolute atomic E-state index is 0.601. The Labute approximate surface area is 111 Å². The lowest BCUT2D eigenvalue weighted by Gasteiger charge is -2.08. The van der Waals surface area contributed by atoms with E-state index in [2.05, 4.69) is 21.5 Å². The van der Waals surface area contributed by atoms with E-state index in [0.717, 1.165) is 36.3 Å². The molecule has 0 atom stereocenters. The maximum Gasteiger partial charge on any atom is 0.148 e. The smallest absolute Gasteiger partial charge is 0.148 e. The number of fused-ring (bicyclic) bond motifs is 1. The molecule has 96 valence electrons. The maximum atomic E-state index is 9.25. The molecule has 0 aliphatic heterocycles. The third-order valence-corrected chi connectivity index (χ3v) is 3.44. The first-order valence-corrected chi connectivity index (χ1v) is 6.37. The van der Waals surface area contributed by atoms with Gasteiger partial charge in [0.25, 0.3) is 0 Å². The van der Waals surface area contributed by atoms with Gasteiger partial charge in [-0.25, -0.2) is 4.98 Å². The third kappa shape index (κ3) is 2.06. The highest BCUT2D eigenvalue weighted by atomic mass is 15.3. The second-order valence-electron chi connectivity index (χ2n) is 4.88. The summed E-state index contributed by atoms with van der Waals surface area (Å²) >= 11 is 0. The summed E-state index contributed by atoms with van der Waals surface area (Å²) in [6, 6.07) is 4.18. The normalized spacial score (nSPS) is 13.1. The summed E-state index contributed by atoms with van der Waals surface area (Å²) in [4.78, 5) is 4.60. The molecule has 0 spiro atoms. The SMILES string of the molecule is Cc1nn(C)cc1Nc1nc2c(cc1C#N)CCC2. The molecule has 0 amide bonds. The molecule has 0 saturated heterocycles. The Morgan fingerprint density at radius 1 is 1.42 bits per heavy atom. The van der Waals surface area contributed by atoms with E-state index in [0.29, 0.717) is 11.4 Å². The van der Waals surface area contributed by atoms with Crippen molar-refractivity contribution < 1.29 is 0 Å². The summed E-state index contributed by atoms with van der Waals surface area (Å²) in [5.41, 5.74) is 4.72. The van der Waals surface area contributed by atoms with Gasteiger partial charge in [0.05, 0.1) is 16.9 Å². The van der Waals surface area contributed by atoms with Crippen LogP contribution in [0.4, 0.5) is 11.5 Å². The molecule has 0 radical (unpaired) electrons. The zero-order chi connectivity index (χ0) is 13.4. The molecule has 2 aromatic heterocycles. The standard InChI is InChI=1S/C14H15N5/c1-9-13(8-19(2)18-9)17-14-11(7-15)6-10-4-3-5-12(10)16-14/h6,8H,3-5H2,1-2H3,(H,16,17). The third-order valence-electron chi connectivity index (χ3n) is 3.44. The van der Waals surface area contributed by atoms with Gasteiger partial charge in [-0.05, 0) is 37.8 Å². The predicted molar refractivity (Wildman–Crippen MR) is 72.2 cm³/mol. The summed E-state index contributed by atoms with van der Waals surface area (Å²) in [5.74, 6) is 0.638. The number of nitrogens with one attached hydrogen (secondary N) is 1. The van der Waals surface area contributed by atoms with Crippen molar-refractivity contribution in [2.24, 2.45) is 7.05 Å². The monoisotopic (exact) mass is 253 g/mol. The Morgan fingerprint density at radius 2 is 2.26 bits per heavy atom. The van der Waals surface area contributed by atoms with Gasteiger partial charge in [-0.2, -0.15) is 10.4 Å². The molecule has 2 aromatic rings. The first kappa shape index (κ1) is 11.7. The lowest BCUT2D eigenvalue weighted by atomic mass is 10.1. The molecule has 1 N–H and O–H groups in total. The van der Waals surface area contributed by atoms with Crippen LogP contribution >= 0.6 is 0 Å². The van der Waals surface area contributed by atoms with E-state index in [4.69, 9.17) is 0 Å². The molecular formula is C14H15N5. The Balaban J connectivity index is 2.01. The number of aryl methyl sites for hydroxylation is 4. The molecule has 1 aliphatic carbocycles. The van der Waals surface area contributed by atoms with Crippen molar-refractivity contribution in [1.82, 2.24) is 14.8 Å². The summed E-state index contributed by atoms with van der Waals surface area (Å²) in [5, 5.41) is 16.8. The lowest BCUT2D eigenvalue weighted by Crippen LogP contribution is -2.01. The average molecular weight is 253 g/mol. The van der Waals surface area contributed by atoms with E-state index < -0.39 is 0 Å². The van der Waals surface area contributed by atoms with Crippen LogP contribution in [0.1, 0.15) is 28.9 Å². The van der Waals surface area contributed by atoms with Crippen LogP contribution in [0.2, 0.25) is 0 Å². The van der Waals surface area contributed by atoms with Crippen LogP contribution in [0, 0.1) is 18.3 Å². The highest BCUT2D eigenvalue weighted by Crippen LogP contribution is 2.27. The molecule has 3 rings (SSSR count). The number of hydrogen-bond acceptors (Lipinski definition) is 4. The van der Waals surface area contributed by atoms with Crippen molar-refractivity contribution in [3.63, 3.8) is 0 Å². The van der Waals surface area contributed by atoms with E-state index in [9.17, 15) is 5.26 Å². The van der Waals surface area contributed by atoms with Gasteiger partial charge in [0.1, 0.15) is 11.9 Å². The molecule has 1 aliphatic rings. The van der Waals surface area contributed by atoms with Crippen LogP contribution in [0.3, 0.4) is 0 Å². The molecule has 2 heterocycles. The molecule has 0 bridgehead atoms. The van der Waals surface area contributed by atoms with Gasteiger partial charge in [0.2, 0.25) is 0 Å². The number of pyridine rings is 1. The minimum Gasteiger partial charge on any atom is -0.336 e. The largest absolute Gasteiger partial charge is 0.336 e. The molecule has 19 heavy (non-hydrogen) atoms. The number of anilines is 2. The zero-order valence-corrected chi connectivity index (χ0v) is 11.1. The summed E-state index contributed by atoms with van der Waals surface area (Å²) in [6.07, 6.45) is 5.05. The highest BCUT2D eigenvalue weighted by molar-refractivity contribution is 5.64. The molecule has 0 saturated carbocycles. The van der Waals surface area contributed by atoms with Crippen molar-refractivity contribution >= 4 is 11.5 Å². The van der Waals surface area contributed by atoms with Crippen molar-refractivity contribution in [3.05, 3.63) is 34.8 Å². The maximum absolute atomic E-state index is 9.25. The lowest BCUT2D eigenvalue weighted by molar-refractivity contribution is 0.756. The fourth-order valence-electron chi connectivity index (χ4n) is 2.50. The second-order valence-corrected chi connectivity index (χ2v) is 4.88. The van der Waals surface area contributed by atoms with Crippen LogP contribution < -0.4 is 5.32 Å². The van der Waals surface area contributed by atoms with Gasteiger partial charge >= 0.3 is 0 Å². The van der Waals surface area contributed by atoms with Gasteiger partial charge < -0.3 is 5.32 Å². The van der Waals surface area contributed by atoms with Crippen molar-refractivity contribution in [2.45, 2.75) is 26.2 Å². The number of nitrogens with zero attached hydrogens (tertiary/aromatic N) is 4. The number of hydrogen-bond donors (Lipinski definition) is 1. The summed E-state index contributed by atoms with van der Waals surface area (Å²) < 4.78 is 1.75. The Bertz CT molecular complexity index is 678. The zero-order valence-electron chi connectivity index (χ0n) is 11.1. The van der Waals surface area contributed by atoms with Crippen LogP contribution in [0.25, 0.3) is 0 Å². The predicted octanol–water partition coefficient (Wildman–Crippen LogP) is 2.23. The minimum atomic E-state index is 0.601. The van der Waals surface area contributed by atoms with E-state index in [-0.39, 0.29) is 0 Å². The van der Waals surface area contributed by atoms with Crippen molar-refractivity contribution in [1.29, 1.82) is 5.26 Å². The van der Waals surface area contributed by atoms with Gasteiger partial charge in [0.15, 0.2) is 0 Å². The summed E-state index contributed by atoms with van der Waals surface area (Å²) in [6.45, 7) is 1.93. The molecule has 0 unspecified atom stereocenters.